The second kappa shape index (κ2) is 10.7. The first-order chi connectivity index (χ1) is 8.27. The van der Waals surface area contributed by atoms with Crippen LogP contribution in [-0.2, 0) is 31.2 Å². The van der Waals surface area contributed by atoms with Gasteiger partial charge in [0.05, 0.1) is 0 Å². The molecule has 0 aromatic rings. The number of hydrogen-bond acceptors (Lipinski definition) is 3. The van der Waals surface area contributed by atoms with Gasteiger partial charge in [-0.25, -0.2) is 6.61 Å². The van der Waals surface area contributed by atoms with Crippen LogP contribution in [0.1, 0.15) is 6.42 Å². The summed E-state index contributed by atoms with van der Waals surface area (Å²) in [6, 6.07) is 0. The molecule has 0 aromatic heterocycles. The molecular formula is C13H14Cl2O3SiTi. The molecule has 1 heterocycles. The summed E-state index contributed by atoms with van der Waals surface area (Å²) in [6.07, 6.45) is 9.29. The summed E-state index contributed by atoms with van der Waals surface area (Å²) in [6.45, 7) is 1.73. The van der Waals surface area contributed by atoms with Crippen LogP contribution in [0, 0.1) is 12.7 Å². The Morgan fingerprint density at radius 3 is 2.65 bits per heavy atom. The van der Waals surface area contributed by atoms with Gasteiger partial charge in [0, 0.05) is 16.1 Å². The van der Waals surface area contributed by atoms with E-state index in [9.17, 15) is 4.79 Å². The molecule has 106 valence electrons. The fourth-order valence-corrected chi connectivity index (χ4v) is 3.12. The van der Waals surface area contributed by atoms with E-state index < -0.39 is 0 Å². The van der Waals surface area contributed by atoms with Crippen LogP contribution in [0.2, 0.25) is 0 Å². The Morgan fingerprint density at radius 1 is 1.45 bits per heavy atom. The van der Waals surface area contributed by atoms with Crippen molar-refractivity contribution in [3.8, 4) is 0 Å². The van der Waals surface area contributed by atoms with Crippen LogP contribution in [0.5, 0.6) is 0 Å². The van der Waals surface area contributed by atoms with Gasteiger partial charge in [0.2, 0.25) is 0 Å². The van der Waals surface area contributed by atoms with Crippen LogP contribution < -0.4 is 24.8 Å². The van der Waals surface area contributed by atoms with Crippen molar-refractivity contribution in [1.82, 2.24) is 0 Å². The fourth-order valence-electron chi connectivity index (χ4n) is 1.77. The third-order valence-corrected chi connectivity index (χ3v) is 4.21. The number of ketones is 1. The quantitative estimate of drug-likeness (QED) is 0.308. The first-order valence-electron chi connectivity index (χ1n) is 5.52. The molecule has 0 unspecified atom stereocenters. The van der Waals surface area contributed by atoms with Gasteiger partial charge in [0.15, 0.2) is 0 Å². The number of methoxy groups -OCH3 is 1. The van der Waals surface area contributed by atoms with Crippen molar-refractivity contribution in [3.63, 3.8) is 0 Å². The third-order valence-electron chi connectivity index (χ3n) is 2.62. The number of carbonyl (C=O) groups excluding carboxylic acids is 1. The first-order valence-corrected chi connectivity index (χ1v) is 6.94. The number of fused-ring (bicyclic) bond motifs is 2. The Hall–Kier alpha value is 0.0612. The van der Waals surface area contributed by atoms with E-state index in [-0.39, 0.29) is 68.4 Å². The molecule has 3 rings (SSSR count). The van der Waals surface area contributed by atoms with Gasteiger partial charge in [-0.15, -0.1) is 30.2 Å². The van der Waals surface area contributed by atoms with Crippen molar-refractivity contribution in [3.05, 3.63) is 52.4 Å². The number of carbonyl (C=O) groups is 1. The molecule has 7 heteroatoms. The summed E-state index contributed by atoms with van der Waals surface area (Å²) >= 11 is 0. The van der Waals surface area contributed by atoms with Crippen molar-refractivity contribution in [1.29, 1.82) is 0 Å². The van der Waals surface area contributed by atoms with Gasteiger partial charge in [-0.2, -0.15) is 10.4 Å². The largest absolute Gasteiger partial charge is 4.00 e. The second-order valence-electron chi connectivity index (χ2n) is 3.85. The normalized spacial score (nSPS) is 17.4. The average Bonchev–Trinajstić information content (AvgIpc) is 2.99. The number of hydrogen-bond donors (Lipinski definition) is 1. The zero-order valence-electron chi connectivity index (χ0n) is 11.0. The fraction of sp³-hybridized carbons (Fsp3) is 0.231. The van der Waals surface area contributed by atoms with Gasteiger partial charge < -0.3 is 39.5 Å². The van der Waals surface area contributed by atoms with E-state index in [1.807, 2.05) is 12.2 Å². The van der Waals surface area contributed by atoms with E-state index in [1.165, 1.54) is 10.4 Å². The number of rotatable bonds is 3. The topological polar surface area (TPSA) is 46.5 Å². The van der Waals surface area contributed by atoms with Gasteiger partial charge in [0.1, 0.15) is 5.78 Å². The van der Waals surface area contributed by atoms with E-state index in [0.29, 0.717) is 6.42 Å². The molecule has 0 radical (unpaired) electrons. The molecule has 0 saturated carbocycles. The summed E-state index contributed by atoms with van der Waals surface area (Å²) in [5.74, 6) is 0.185. The number of aliphatic hydroxyl groups is 1. The first kappa shape index (κ1) is 22.3. The zero-order chi connectivity index (χ0) is 12.3. The van der Waals surface area contributed by atoms with Crippen LogP contribution in [-0.4, -0.2) is 34.1 Å². The van der Waals surface area contributed by atoms with Crippen LogP contribution >= 0.6 is 0 Å². The summed E-state index contributed by atoms with van der Waals surface area (Å²) in [7, 11) is 1.45. The summed E-state index contributed by atoms with van der Waals surface area (Å²) < 4.78 is 4.50. The van der Waals surface area contributed by atoms with Crippen LogP contribution in [0.3, 0.4) is 0 Å². The number of aliphatic hydroxyl groups excluding tert-OH is 1. The molecular weight excluding hydrogens is 351 g/mol. The Labute approximate surface area is 148 Å². The molecule has 2 aliphatic carbocycles. The van der Waals surface area contributed by atoms with E-state index in [4.69, 9.17) is 5.11 Å². The second-order valence-corrected chi connectivity index (χ2v) is 5.62. The molecule has 20 heavy (non-hydrogen) atoms. The maximum absolute atomic E-state index is 11.3. The van der Waals surface area contributed by atoms with Crippen LogP contribution in [0.15, 0.2) is 39.8 Å². The van der Waals surface area contributed by atoms with E-state index in [1.54, 1.807) is 19.8 Å². The van der Waals surface area contributed by atoms with E-state index in [0.717, 1.165) is 11.1 Å². The Bertz CT molecular complexity index is 466. The van der Waals surface area contributed by atoms with Gasteiger partial charge in [-0.05, 0) is 13.2 Å². The molecule has 1 saturated heterocycles. The molecule has 3 aliphatic rings. The Morgan fingerprint density at radius 2 is 2.15 bits per heavy atom. The van der Waals surface area contributed by atoms with E-state index >= 15 is 0 Å². The van der Waals surface area contributed by atoms with Crippen molar-refractivity contribution in [2.24, 2.45) is 0 Å². The number of allylic oxidation sites excluding steroid dienone is 8. The van der Waals surface area contributed by atoms with Gasteiger partial charge in [0.25, 0.3) is 0 Å². The van der Waals surface area contributed by atoms with Crippen molar-refractivity contribution >= 4 is 15.3 Å². The molecule has 1 aliphatic heterocycles. The van der Waals surface area contributed by atoms with Gasteiger partial charge in [-0.1, -0.05) is 5.57 Å². The monoisotopic (exact) mass is 364 g/mol. The minimum absolute atomic E-state index is 0. The number of halogens is 2. The van der Waals surface area contributed by atoms with Crippen molar-refractivity contribution < 1.29 is 61.2 Å². The van der Waals surface area contributed by atoms with E-state index in [2.05, 4.69) is 10.8 Å². The zero-order valence-corrected chi connectivity index (χ0v) is 15.4. The molecule has 1 N–H and O–H groups in total. The third kappa shape index (κ3) is 5.45. The predicted octanol–water partition coefficient (Wildman–Crippen LogP) is -5.63. The maximum atomic E-state index is 11.3. The molecule has 0 amide bonds. The SMILES string of the molecule is CO[CH-]CCO.O=C1C=CC=C2[C-]=C3[SiH2]C3=C12.[Cl-].[Cl-].[Ti+4]. The van der Waals surface area contributed by atoms with Gasteiger partial charge in [-0.3, -0.25) is 0 Å². The molecule has 1 fully saturated rings. The van der Waals surface area contributed by atoms with Crippen LogP contribution in [0.25, 0.3) is 0 Å². The Kier molecular flexibility index (Phi) is 12.0. The molecule has 3 nitrogen and oxygen atoms in total. The smallest absolute Gasteiger partial charge is 1.00 e. The summed E-state index contributed by atoms with van der Waals surface area (Å²) in [5.41, 5.74) is 2.00. The Balaban J connectivity index is 0. The summed E-state index contributed by atoms with van der Waals surface area (Å²) in [4.78, 5) is 11.3. The van der Waals surface area contributed by atoms with Gasteiger partial charge >= 0.3 is 21.7 Å². The number of ether oxygens (including phenoxy) is 1. The average molecular weight is 365 g/mol. The van der Waals surface area contributed by atoms with Crippen LogP contribution in [0.4, 0.5) is 0 Å². The molecule has 0 atom stereocenters. The molecule has 0 bridgehead atoms. The minimum Gasteiger partial charge on any atom is -1.00 e. The summed E-state index contributed by atoms with van der Waals surface area (Å²) in [5, 5.41) is 10.8. The molecule has 0 spiro atoms. The van der Waals surface area contributed by atoms with Crippen molar-refractivity contribution in [2.75, 3.05) is 13.7 Å². The predicted molar refractivity (Wildman–Crippen MR) is 67.6 cm³/mol. The molecule has 0 aromatic carbocycles. The minimum atomic E-state index is -0.116. The maximum Gasteiger partial charge on any atom is 4.00 e. The van der Waals surface area contributed by atoms with Crippen molar-refractivity contribution in [2.45, 2.75) is 6.42 Å². The standard InChI is InChI=1S/C9H5OSi.C4H9O2.2ClH.Ti/c10-6-3-1-2-5-4-7-9(11-7)8(5)6;1-6-4-2-3-5;;;/h1-3H,11H2;4-5H,2-3H2,1H3;2*1H;/q2*-1;;;+4/p-2.